The number of hydrogen-bond acceptors (Lipinski definition) is 5. The molecule has 0 spiro atoms. The van der Waals surface area contributed by atoms with Crippen LogP contribution in [0.25, 0.3) is 22.2 Å². The number of carboxylic acid groups (broad SMARTS) is 2. The molecule has 0 bridgehead atoms. The van der Waals surface area contributed by atoms with Gasteiger partial charge in [-0.3, -0.25) is 0 Å². The highest BCUT2D eigenvalue weighted by Crippen LogP contribution is 2.33. The first-order valence-electron chi connectivity index (χ1n) is 8.48. The van der Waals surface area contributed by atoms with Gasteiger partial charge in [0.05, 0.1) is 0 Å². The molecule has 3 aromatic rings. The third-order valence-electron chi connectivity index (χ3n) is 3.83. The zero-order valence-corrected chi connectivity index (χ0v) is 15.3. The van der Waals surface area contributed by atoms with Gasteiger partial charge in [-0.1, -0.05) is 23.4 Å². The van der Waals surface area contributed by atoms with Gasteiger partial charge in [0.2, 0.25) is 0 Å². The van der Waals surface area contributed by atoms with E-state index in [1.54, 1.807) is 12.1 Å². The largest absolute Gasteiger partial charge is 0.478 e. The number of rotatable bonds is 6. The normalized spacial score (nSPS) is 11.7. The van der Waals surface area contributed by atoms with E-state index in [9.17, 15) is 14.0 Å². The van der Waals surface area contributed by atoms with E-state index in [0.717, 1.165) is 10.9 Å². The minimum atomic E-state index is -1.26. The third kappa shape index (κ3) is 5.85. The maximum Gasteiger partial charge on any atom is 0.328 e. The summed E-state index contributed by atoms with van der Waals surface area (Å²) in [4.78, 5) is 19.1. The van der Waals surface area contributed by atoms with Crippen LogP contribution in [0.5, 0.6) is 0 Å². The molecule has 150 valence electrons. The van der Waals surface area contributed by atoms with Crippen molar-refractivity contribution in [2.45, 2.75) is 12.5 Å². The van der Waals surface area contributed by atoms with Gasteiger partial charge in [-0.2, -0.15) is 0 Å². The summed E-state index contributed by atoms with van der Waals surface area (Å²) in [6.07, 6.45) is 3.40. The predicted molar refractivity (Wildman–Crippen MR) is 106 cm³/mol. The van der Waals surface area contributed by atoms with E-state index in [1.807, 2.05) is 24.3 Å². The second-order valence-electron chi connectivity index (χ2n) is 5.90. The number of nitrogens with zero attached hydrogens (tertiary/aromatic N) is 1. The van der Waals surface area contributed by atoms with Crippen molar-refractivity contribution in [1.29, 1.82) is 0 Å². The zero-order chi connectivity index (χ0) is 21.4. The number of aromatic nitrogens is 1. The Bertz CT molecular complexity index is 1040. The lowest BCUT2D eigenvalue weighted by Gasteiger charge is -2.14. The molecule has 2 aromatic carbocycles. The number of carbonyl (C=O) groups is 2. The monoisotopic (exact) mass is 398 g/mol. The average Bonchev–Trinajstić information content (AvgIpc) is 3.11. The minimum absolute atomic E-state index is 0.318. The van der Waals surface area contributed by atoms with E-state index >= 15 is 0 Å². The van der Waals surface area contributed by atoms with Crippen LogP contribution in [0.3, 0.4) is 0 Å². The molecule has 1 heterocycles. The van der Waals surface area contributed by atoms with E-state index in [0.29, 0.717) is 35.4 Å². The highest BCUT2D eigenvalue weighted by atomic mass is 19.1. The fourth-order valence-electron chi connectivity index (χ4n) is 2.59. The van der Waals surface area contributed by atoms with Crippen LogP contribution < -0.4 is 5.73 Å². The Labute approximate surface area is 165 Å². The lowest BCUT2D eigenvalue weighted by molar-refractivity contribution is -0.134. The van der Waals surface area contributed by atoms with Gasteiger partial charge in [0.25, 0.3) is 0 Å². The molecule has 0 saturated carbocycles. The first-order chi connectivity index (χ1) is 13.8. The summed E-state index contributed by atoms with van der Waals surface area (Å²) in [7, 11) is 0. The van der Waals surface area contributed by atoms with E-state index in [4.69, 9.17) is 20.5 Å². The Kier molecular flexibility index (Phi) is 7.39. The van der Waals surface area contributed by atoms with E-state index in [2.05, 4.69) is 11.7 Å². The van der Waals surface area contributed by atoms with Crippen LogP contribution in [0.4, 0.5) is 4.39 Å². The van der Waals surface area contributed by atoms with Gasteiger partial charge in [-0.25, -0.2) is 14.0 Å². The van der Waals surface area contributed by atoms with Crippen LogP contribution in [-0.2, 0) is 9.59 Å². The summed E-state index contributed by atoms with van der Waals surface area (Å²) < 4.78 is 18.9. The summed E-state index contributed by atoms with van der Waals surface area (Å²) >= 11 is 0. The fourth-order valence-corrected chi connectivity index (χ4v) is 2.59. The van der Waals surface area contributed by atoms with Crippen LogP contribution in [0.15, 0.2) is 71.8 Å². The smallest absolute Gasteiger partial charge is 0.328 e. The molecule has 0 aliphatic heterocycles. The third-order valence-corrected chi connectivity index (χ3v) is 3.83. The van der Waals surface area contributed by atoms with Crippen molar-refractivity contribution < 1.29 is 28.7 Å². The van der Waals surface area contributed by atoms with E-state index in [1.165, 1.54) is 12.1 Å². The zero-order valence-electron chi connectivity index (χ0n) is 15.3. The van der Waals surface area contributed by atoms with E-state index in [-0.39, 0.29) is 11.9 Å². The molecule has 0 radical (unpaired) electrons. The molecule has 4 N–H and O–H groups in total. The van der Waals surface area contributed by atoms with Crippen LogP contribution in [0, 0.1) is 5.82 Å². The van der Waals surface area contributed by atoms with Crippen LogP contribution in [-0.4, -0.2) is 27.3 Å². The topological polar surface area (TPSA) is 127 Å². The number of para-hydroxylation sites is 1. The number of nitrogens with two attached hydrogens (primary N) is 1. The van der Waals surface area contributed by atoms with Crippen LogP contribution in [0.2, 0.25) is 0 Å². The van der Waals surface area contributed by atoms with Gasteiger partial charge in [-0.05, 0) is 42.3 Å². The second-order valence-corrected chi connectivity index (χ2v) is 5.90. The van der Waals surface area contributed by atoms with Crippen molar-refractivity contribution in [3.05, 3.63) is 78.7 Å². The average molecular weight is 398 g/mol. The Morgan fingerprint density at radius 1 is 1.17 bits per heavy atom. The van der Waals surface area contributed by atoms with Crippen molar-refractivity contribution in [2.24, 2.45) is 5.73 Å². The molecule has 0 amide bonds. The Morgan fingerprint density at radius 2 is 1.83 bits per heavy atom. The predicted octanol–water partition coefficient (Wildman–Crippen LogP) is 3.92. The summed E-state index contributed by atoms with van der Waals surface area (Å²) in [6.45, 7) is 3.68. The SMILES string of the molecule is C=CC[C@@H](N)c1cc(F)ccc1-c1noc2ccccc12.O=C(O)/C=C/C(=O)O. The van der Waals surface area contributed by atoms with Crippen molar-refractivity contribution in [3.8, 4) is 11.3 Å². The first-order valence-corrected chi connectivity index (χ1v) is 8.48. The Hall–Kier alpha value is -3.78. The molecular weight excluding hydrogens is 379 g/mol. The molecular formula is C21H19FN2O5. The van der Waals surface area contributed by atoms with Crippen molar-refractivity contribution >= 4 is 22.9 Å². The van der Waals surface area contributed by atoms with Gasteiger partial charge in [-0.15, -0.1) is 6.58 Å². The Morgan fingerprint density at radius 3 is 2.45 bits per heavy atom. The molecule has 0 aliphatic rings. The molecule has 0 fully saturated rings. The number of hydrogen-bond donors (Lipinski definition) is 3. The quantitative estimate of drug-likeness (QED) is 0.424. The molecule has 0 unspecified atom stereocenters. The minimum Gasteiger partial charge on any atom is -0.478 e. The standard InChI is InChI=1S/C17H15FN2O.C4H4O4/c1-2-5-15(19)14-10-11(18)8-9-12(14)17-13-6-3-4-7-16(13)21-20-17;5-3(6)1-2-4(7)8/h2-4,6-10,15H,1,5,19H2;1-2H,(H,5,6)(H,7,8)/b;2-1+/t15-;/m1./s1. The second kappa shape index (κ2) is 9.95. The summed E-state index contributed by atoms with van der Waals surface area (Å²) in [5, 5.41) is 20.6. The van der Waals surface area contributed by atoms with E-state index < -0.39 is 11.9 Å². The molecule has 0 saturated heterocycles. The van der Waals surface area contributed by atoms with Gasteiger partial charge < -0.3 is 20.5 Å². The molecule has 8 heteroatoms. The van der Waals surface area contributed by atoms with Crippen molar-refractivity contribution in [3.63, 3.8) is 0 Å². The summed E-state index contributed by atoms with van der Waals surface area (Å²) in [5.41, 5.74) is 8.99. The van der Waals surface area contributed by atoms with Gasteiger partial charge in [0, 0.05) is 29.1 Å². The number of aliphatic carboxylic acids is 2. The first kappa shape index (κ1) is 21.5. The molecule has 0 aliphatic carbocycles. The molecule has 3 rings (SSSR count). The summed E-state index contributed by atoms with van der Waals surface area (Å²) in [6, 6.07) is 11.8. The number of carboxylic acids is 2. The Balaban J connectivity index is 0.000000321. The molecule has 7 nitrogen and oxygen atoms in total. The lowest BCUT2D eigenvalue weighted by atomic mass is 9.95. The maximum absolute atomic E-state index is 13.6. The van der Waals surface area contributed by atoms with Crippen LogP contribution >= 0.6 is 0 Å². The fraction of sp³-hybridized carbons (Fsp3) is 0.0952. The highest BCUT2D eigenvalue weighted by molar-refractivity contribution is 5.92. The summed E-state index contributed by atoms with van der Waals surface area (Å²) in [5.74, 6) is -2.83. The maximum atomic E-state index is 13.6. The van der Waals surface area contributed by atoms with Crippen LogP contribution in [0.1, 0.15) is 18.0 Å². The van der Waals surface area contributed by atoms with Gasteiger partial charge in [0.15, 0.2) is 5.58 Å². The highest BCUT2D eigenvalue weighted by Gasteiger charge is 2.17. The van der Waals surface area contributed by atoms with Crippen molar-refractivity contribution in [2.75, 3.05) is 0 Å². The lowest BCUT2D eigenvalue weighted by Crippen LogP contribution is -2.11. The molecule has 1 atom stereocenters. The molecule has 29 heavy (non-hydrogen) atoms. The van der Waals surface area contributed by atoms with Gasteiger partial charge >= 0.3 is 11.9 Å². The molecule has 1 aromatic heterocycles. The van der Waals surface area contributed by atoms with Crippen molar-refractivity contribution in [1.82, 2.24) is 5.16 Å². The number of halogens is 1. The number of fused-ring (bicyclic) bond motifs is 1. The van der Waals surface area contributed by atoms with Gasteiger partial charge in [0.1, 0.15) is 11.5 Å². The number of benzene rings is 2.